The number of benzene rings is 2. The molecule has 0 bridgehead atoms. The molecule has 7 nitrogen and oxygen atoms in total. The van der Waals surface area contributed by atoms with Crippen molar-refractivity contribution < 1.29 is 22.1 Å². The van der Waals surface area contributed by atoms with E-state index in [-0.39, 0.29) is 47.0 Å². The standard InChI is InChI=1S/C28H32FN3O4S/c1-4-17-32(25-8-6-5-7-24(25)29)28(33)23-15-18-31(19-16-23)37(34,35)27-21(3)30-36-26(27)14-13-22-11-9-20(2)10-12-22/h5-14,23H,4,15-19H2,1-3H3/b14-13+. The van der Waals surface area contributed by atoms with Crippen molar-refractivity contribution in [3.63, 3.8) is 0 Å². The first kappa shape index (κ1) is 26.8. The first-order chi connectivity index (χ1) is 17.7. The summed E-state index contributed by atoms with van der Waals surface area (Å²) < 4.78 is 48.3. The fraction of sp³-hybridized carbons (Fsp3) is 0.357. The molecule has 3 aromatic rings. The van der Waals surface area contributed by atoms with Crippen LogP contribution in [0, 0.1) is 25.6 Å². The Morgan fingerprint density at radius 2 is 1.78 bits per heavy atom. The molecule has 0 radical (unpaired) electrons. The molecule has 2 aromatic carbocycles. The summed E-state index contributed by atoms with van der Waals surface area (Å²) >= 11 is 0. The van der Waals surface area contributed by atoms with E-state index in [1.165, 1.54) is 15.3 Å². The second-order valence-corrected chi connectivity index (χ2v) is 11.2. The molecule has 1 aliphatic heterocycles. The van der Waals surface area contributed by atoms with Crippen LogP contribution in [0.25, 0.3) is 12.2 Å². The van der Waals surface area contributed by atoms with Gasteiger partial charge in [-0.15, -0.1) is 0 Å². The number of nitrogens with zero attached hydrogens (tertiary/aromatic N) is 3. The topological polar surface area (TPSA) is 83.7 Å². The molecule has 9 heteroatoms. The number of rotatable bonds is 8. The van der Waals surface area contributed by atoms with Crippen LogP contribution in [0.15, 0.2) is 57.9 Å². The van der Waals surface area contributed by atoms with E-state index in [0.717, 1.165) is 11.1 Å². The molecular weight excluding hydrogens is 493 g/mol. The monoisotopic (exact) mass is 525 g/mol. The highest BCUT2D eigenvalue weighted by Crippen LogP contribution is 2.31. The zero-order valence-electron chi connectivity index (χ0n) is 21.4. The van der Waals surface area contributed by atoms with Crippen molar-refractivity contribution in [3.8, 4) is 0 Å². The fourth-order valence-electron chi connectivity index (χ4n) is 4.58. The van der Waals surface area contributed by atoms with Crippen molar-refractivity contribution in [3.05, 3.63) is 76.9 Å². The number of sulfonamides is 1. The lowest BCUT2D eigenvalue weighted by atomic mass is 9.96. The highest BCUT2D eigenvalue weighted by molar-refractivity contribution is 7.89. The van der Waals surface area contributed by atoms with Gasteiger partial charge in [-0.05, 0) is 56.9 Å². The van der Waals surface area contributed by atoms with Crippen molar-refractivity contribution in [1.82, 2.24) is 9.46 Å². The number of carbonyl (C=O) groups is 1. The summed E-state index contributed by atoms with van der Waals surface area (Å²) in [5.41, 5.74) is 2.59. The van der Waals surface area contributed by atoms with E-state index in [9.17, 15) is 17.6 Å². The first-order valence-electron chi connectivity index (χ1n) is 12.5. The predicted octanol–water partition coefficient (Wildman–Crippen LogP) is 5.44. The minimum Gasteiger partial charge on any atom is -0.355 e. The molecule has 0 aliphatic carbocycles. The molecule has 1 aromatic heterocycles. The van der Waals surface area contributed by atoms with Gasteiger partial charge in [-0.3, -0.25) is 4.79 Å². The van der Waals surface area contributed by atoms with E-state index >= 15 is 0 Å². The smallest absolute Gasteiger partial charge is 0.248 e. The number of piperidine rings is 1. The summed E-state index contributed by atoms with van der Waals surface area (Å²) in [5, 5.41) is 3.90. The number of amides is 1. The molecule has 0 spiro atoms. The Balaban J connectivity index is 1.49. The average molecular weight is 526 g/mol. The number of hydrogen-bond donors (Lipinski definition) is 0. The van der Waals surface area contributed by atoms with Crippen LogP contribution >= 0.6 is 0 Å². The number of para-hydroxylation sites is 1. The van der Waals surface area contributed by atoms with Gasteiger partial charge in [-0.2, -0.15) is 4.31 Å². The summed E-state index contributed by atoms with van der Waals surface area (Å²) in [7, 11) is -3.89. The molecule has 1 saturated heterocycles. The van der Waals surface area contributed by atoms with E-state index in [1.807, 2.05) is 38.1 Å². The van der Waals surface area contributed by atoms with Crippen LogP contribution in [0.1, 0.15) is 48.8 Å². The lowest BCUT2D eigenvalue weighted by Crippen LogP contribution is -2.45. The van der Waals surface area contributed by atoms with E-state index in [1.54, 1.807) is 37.3 Å². The Morgan fingerprint density at radius 3 is 2.43 bits per heavy atom. The van der Waals surface area contributed by atoms with E-state index in [2.05, 4.69) is 5.16 Å². The third-order valence-electron chi connectivity index (χ3n) is 6.60. The molecule has 0 atom stereocenters. The predicted molar refractivity (Wildman–Crippen MR) is 142 cm³/mol. The minimum atomic E-state index is -3.89. The van der Waals surface area contributed by atoms with Crippen LogP contribution in [0.4, 0.5) is 10.1 Å². The van der Waals surface area contributed by atoms with Crippen molar-refractivity contribution in [2.75, 3.05) is 24.5 Å². The van der Waals surface area contributed by atoms with Crippen molar-refractivity contribution in [2.45, 2.75) is 44.9 Å². The van der Waals surface area contributed by atoms with Gasteiger partial charge >= 0.3 is 0 Å². The van der Waals surface area contributed by atoms with Gasteiger partial charge in [0.05, 0.1) is 5.69 Å². The molecule has 0 saturated carbocycles. The zero-order chi connectivity index (χ0) is 26.6. The van der Waals surface area contributed by atoms with Gasteiger partial charge in [-0.1, -0.05) is 60.1 Å². The Hall–Kier alpha value is -3.30. The quantitative estimate of drug-likeness (QED) is 0.391. The van der Waals surface area contributed by atoms with Crippen LogP contribution in [-0.2, 0) is 14.8 Å². The Bertz CT molecular complexity index is 1370. The SMILES string of the molecule is CCCN(C(=O)C1CCN(S(=O)(=O)c2c(C)noc2/C=C/c2ccc(C)cc2)CC1)c1ccccc1F. The number of aromatic nitrogens is 1. The first-order valence-corrected chi connectivity index (χ1v) is 13.9. The lowest BCUT2D eigenvalue weighted by molar-refractivity contribution is -0.123. The summed E-state index contributed by atoms with van der Waals surface area (Å²) in [6.07, 6.45) is 4.79. The summed E-state index contributed by atoms with van der Waals surface area (Å²) in [6, 6.07) is 14.1. The number of aryl methyl sites for hydroxylation is 2. The summed E-state index contributed by atoms with van der Waals surface area (Å²) in [6.45, 7) is 6.30. The van der Waals surface area contributed by atoms with Gasteiger partial charge in [0.25, 0.3) is 0 Å². The number of carbonyl (C=O) groups excluding carboxylic acids is 1. The van der Waals surface area contributed by atoms with Crippen molar-refractivity contribution in [1.29, 1.82) is 0 Å². The fourth-order valence-corrected chi connectivity index (χ4v) is 6.30. The van der Waals surface area contributed by atoms with Gasteiger partial charge in [0.15, 0.2) is 10.7 Å². The number of halogens is 1. The Kier molecular flexibility index (Phi) is 8.24. The van der Waals surface area contributed by atoms with Crippen LogP contribution in [0.2, 0.25) is 0 Å². The minimum absolute atomic E-state index is 0.0413. The Morgan fingerprint density at radius 1 is 1.11 bits per heavy atom. The summed E-state index contributed by atoms with van der Waals surface area (Å²) in [5.74, 6) is -0.836. The normalized spacial score (nSPS) is 15.4. The molecular formula is C28H32FN3O4S. The Labute approximate surface area is 217 Å². The maximum atomic E-state index is 14.4. The number of anilines is 1. The maximum Gasteiger partial charge on any atom is 0.248 e. The molecule has 0 N–H and O–H groups in total. The highest BCUT2D eigenvalue weighted by atomic mass is 32.2. The van der Waals surface area contributed by atoms with E-state index in [0.29, 0.717) is 25.8 Å². The largest absolute Gasteiger partial charge is 0.355 e. The van der Waals surface area contributed by atoms with Crippen LogP contribution < -0.4 is 4.90 Å². The number of hydrogen-bond acceptors (Lipinski definition) is 5. The van der Waals surface area contributed by atoms with Crippen molar-refractivity contribution in [2.24, 2.45) is 5.92 Å². The maximum absolute atomic E-state index is 14.4. The van der Waals surface area contributed by atoms with Gasteiger partial charge in [0.2, 0.25) is 15.9 Å². The summed E-state index contributed by atoms with van der Waals surface area (Å²) in [4.78, 5) is 14.9. The zero-order valence-corrected chi connectivity index (χ0v) is 22.2. The molecule has 196 valence electrons. The molecule has 1 amide bonds. The van der Waals surface area contributed by atoms with E-state index in [4.69, 9.17) is 4.52 Å². The van der Waals surface area contributed by atoms with Gasteiger partial charge < -0.3 is 9.42 Å². The molecule has 0 unspecified atom stereocenters. The van der Waals surface area contributed by atoms with Crippen LogP contribution in [0.5, 0.6) is 0 Å². The van der Waals surface area contributed by atoms with E-state index < -0.39 is 15.8 Å². The second-order valence-electron chi connectivity index (χ2n) is 9.33. The van der Waals surface area contributed by atoms with Crippen LogP contribution in [0.3, 0.4) is 0 Å². The third kappa shape index (κ3) is 5.83. The molecule has 1 fully saturated rings. The highest BCUT2D eigenvalue weighted by Gasteiger charge is 2.37. The lowest BCUT2D eigenvalue weighted by Gasteiger charge is -2.33. The van der Waals surface area contributed by atoms with Crippen LogP contribution in [-0.4, -0.2) is 43.4 Å². The molecule has 4 rings (SSSR count). The van der Waals surface area contributed by atoms with Gasteiger partial charge in [0, 0.05) is 25.6 Å². The van der Waals surface area contributed by atoms with Crippen molar-refractivity contribution >= 4 is 33.8 Å². The average Bonchev–Trinajstić information content (AvgIpc) is 3.28. The molecule has 2 heterocycles. The molecule has 37 heavy (non-hydrogen) atoms. The second kappa shape index (κ2) is 11.4. The van der Waals surface area contributed by atoms with Gasteiger partial charge in [-0.25, -0.2) is 12.8 Å². The van der Waals surface area contributed by atoms with Gasteiger partial charge in [0.1, 0.15) is 11.5 Å². The third-order valence-corrected chi connectivity index (χ3v) is 8.65. The molecule has 1 aliphatic rings.